The van der Waals surface area contributed by atoms with E-state index in [-0.39, 0.29) is 18.1 Å². The maximum absolute atomic E-state index is 14.2. The predicted octanol–water partition coefficient (Wildman–Crippen LogP) is 6.73. The zero-order valence-electron chi connectivity index (χ0n) is 19.7. The maximum Gasteiger partial charge on any atom is 0.231 e. The van der Waals surface area contributed by atoms with E-state index in [1.54, 1.807) is 23.1 Å². The van der Waals surface area contributed by atoms with E-state index in [2.05, 4.69) is 4.98 Å². The molecule has 5 rings (SSSR count). The van der Waals surface area contributed by atoms with E-state index in [1.807, 2.05) is 91.0 Å². The summed E-state index contributed by atoms with van der Waals surface area (Å²) in [6.45, 7) is 0.722. The molecule has 0 N–H and O–H groups in total. The number of pyridine rings is 1. The van der Waals surface area contributed by atoms with Crippen LogP contribution in [0.15, 0.2) is 115 Å². The summed E-state index contributed by atoms with van der Waals surface area (Å²) in [7, 11) is 0. The standard InChI is InChI=1S/C31H25FN2O2/c32-29-12-6-4-11-25(29)20-31(35)34(21-23-8-2-1-3-9-23)27-16-18-28(19-17-27)36-22-26-15-14-24-10-5-7-13-30(24)33-26/h1-19H,20-22H2. The van der Waals surface area contributed by atoms with E-state index in [9.17, 15) is 9.18 Å². The molecule has 4 nitrogen and oxygen atoms in total. The summed E-state index contributed by atoms with van der Waals surface area (Å²) in [4.78, 5) is 19.6. The van der Waals surface area contributed by atoms with Gasteiger partial charge in [0, 0.05) is 11.1 Å². The fraction of sp³-hybridized carbons (Fsp3) is 0.0968. The zero-order chi connectivity index (χ0) is 24.7. The molecule has 0 radical (unpaired) electrons. The Labute approximate surface area is 209 Å². The molecule has 1 amide bonds. The second-order valence-electron chi connectivity index (χ2n) is 8.51. The van der Waals surface area contributed by atoms with Crippen LogP contribution in [-0.2, 0) is 24.4 Å². The Morgan fingerprint density at radius 2 is 1.50 bits per heavy atom. The Morgan fingerprint density at radius 1 is 0.778 bits per heavy atom. The predicted molar refractivity (Wildman–Crippen MR) is 140 cm³/mol. The third-order valence-corrected chi connectivity index (χ3v) is 5.98. The quantitative estimate of drug-likeness (QED) is 0.249. The summed E-state index contributed by atoms with van der Waals surface area (Å²) in [6, 6.07) is 35.5. The van der Waals surface area contributed by atoms with E-state index in [0.29, 0.717) is 24.5 Å². The fourth-order valence-corrected chi connectivity index (χ4v) is 4.06. The lowest BCUT2D eigenvalue weighted by Crippen LogP contribution is -2.32. The van der Waals surface area contributed by atoms with Gasteiger partial charge in [0.1, 0.15) is 18.2 Å². The van der Waals surface area contributed by atoms with Gasteiger partial charge in [-0.25, -0.2) is 9.37 Å². The van der Waals surface area contributed by atoms with Gasteiger partial charge in [0.15, 0.2) is 0 Å². The van der Waals surface area contributed by atoms with Crippen molar-refractivity contribution in [1.29, 1.82) is 0 Å². The SMILES string of the molecule is O=C(Cc1ccccc1F)N(Cc1ccccc1)c1ccc(OCc2ccc3ccccc3n2)cc1. The summed E-state index contributed by atoms with van der Waals surface area (Å²) in [5.41, 5.74) is 3.85. The molecule has 178 valence electrons. The van der Waals surface area contributed by atoms with Gasteiger partial charge >= 0.3 is 0 Å². The van der Waals surface area contributed by atoms with Crippen molar-refractivity contribution in [2.45, 2.75) is 19.6 Å². The monoisotopic (exact) mass is 476 g/mol. The number of hydrogen-bond acceptors (Lipinski definition) is 3. The highest BCUT2D eigenvalue weighted by Crippen LogP contribution is 2.24. The molecule has 0 bridgehead atoms. The molecule has 4 aromatic carbocycles. The van der Waals surface area contributed by atoms with Gasteiger partial charge in [0.05, 0.1) is 24.2 Å². The average Bonchev–Trinajstić information content (AvgIpc) is 2.92. The first-order valence-electron chi connectivity index (χ1n) is 11.8. The van der Waals surface area contributed by atoms with E-state index in [1.165, 1.54) is 6.07 Å². The fourth-order valence-electron chi connectivity index (χ4n) is 4.06. The van der Waals surface area contributed by atoms with Crippen LogP contribution in [0, 0.1) is 5.82 Å². The molecule has 0 atom stereocenters. The van der Waals surface area contributed by atoms with Crippen LogP contribution in [0.4, 0.5) is 10.1 Å². The molecule has 36 heavy (non-hydrogen) atoms. The molecule has 0 unspecified atom stereocenters. The Kier molecular flexibility index (Phi) is 6.99. The second kappa shape index (κ2) is 10.8. The van der Waals surface area contributed by atoms with Crippen molar-refractivity contribution >= 4 is 22.5 Å². The van der Waals surface area contributed by atoms with Crippen LogP contribution >= 0.6 is 0 Å². The number of rotatable bonds is 8. The first-order chi connectivity index (χ1) is 17.7. The molecule has 0 saturated carbocycles. The Bertz CT molecular complexity index is 1470. The average molecular weight is 477 g/mol. The van der Waals surface area contributed by atoms with Gasteiger partial charge in [-0.2, -0.15) is 0 Å². The molecule has 0 spiro atoms. The summed E-state index contributed by atoms with van der Waals surface area (Å²) in [6.07, 6.45) is -0.0224. The topological polar surface area (TPSA) is 42.4 Å². The number of amides is 1. The van der Waals surface area contributed by atoms with Crippen LogP contribution in [0.3, 0.4) is 0 Å². The molecule has 1 aromatic heterocycles. The van der Waals surface area contributed by atoms with E-state index >= 15 is 0 Å². The Balaban J connectivity index is 1.32. The number of halogens is 1. The van der Waals surface area contributed by atoms with Gasteiger partial charge in [-0.1, -0.05) is 72.8 Å². The third-order valence-electron chi connectivity index (χ3n) is 5.98. The highest BCUT2D eigenvalue weighted by Gasteiger charge is 2.18. The van der Waals surface area contributed by atoms with Crippen molar-refractivity contribution < 1.29 is 13.9 Å². The summed E-state index contributed by atoms with van der Waals surface area (Å²) in [5, 5.41) is 1.09. The Hall–Kier alpha value is -4.51. The molecular weight excluding hydrogens is 451 g/mol. The summed E-state index contributed by atoms with van der Waals surface area (Å²) < 4.78 is 20.2. The van der Waals surface area contributed by atoms with Gasteiger partial charge in [0.2, 0.25) is 5.91 Å². The number of ether oxygens (including phenoxy) is 1. The smallest absolute Gasteiger partial charge is 0.231 e. The molecule has 5 heteroatoms. The Morgan fingerprint density at radius 3 is 2.31 bits per heavy atom. The highest BCUT2D eigenvalue weighted by molar-refractivity contribution is 5.94. The number of aromatic nitrogens is 1. The van der Waals surface area contributed by atoms with Gasteiger partial charge < -0.3 is 9.64 Å². The van der Waals surface area contributed by atoms with Crippen LogP contribution < -0.4 is 9.64 Å². The molecule has 0 aliphatic carbocycles. The van der Waals surface area contributed by atoms with Gasteiger partial charge in [-0.05, 0) is 53.6 Å². The van der Waals surface area contributed by atoms with Crippen molar-refractivity contribution in [2.24, 2.45) is 0 Å². The van der Waals surface area contributed by atoms with Crippen molar-refractivity contribution in [3.8, 4) is 5.75 Å². The van der Waals surface area contributed by atoms with Gasteiger partial charge in [0.25, 0.3) is 0 Å². The highest BCUT2D eigenvalue weighted by atomic mass is 19.1. The lowest BCUT2D eigenvalue weighted by Gasteiger charge is -2.24. The van der Waals surface area contributed by atoms with E-state index in [4.69, 9.17) is 4.74 Å². The second-order valence-corrected chi connectivity index (χ2v) is 8.51. The largest absolute Gasteiger partial charge is 0.487 e. The first kappa shape index (κ1) is 23.2. The molecule has 0 fully saturated rings. The number of carbonyl (C=O) groups excluding carboxylic acids is 1. The molecule has 0 saturated heterocycles. The number of para-hydroxylation sites is 1. The first-order valence-corrected chi connectivity index (χ1v) is 11.8. The molecule has 1 heterocycles. The van der Waals surface area contributed by atoms with Crippen LogP contribution in [-0.4, -0.2) is 10.9 Å². The third kappa shape index (κ3) is 5.58. The minimum absolute atomic E-state index is 0.0224. The summed E-state index contributed by atoms with van der Waals surface area (Å²) in [5.74, 6) is 0.115. The lowest BCUT2D eigenvalue weighted by atomic mass is 10.1. The molecular formula is C31H25FN2O2. The van der Waals surface area contributed by atoms with Crippen molar-refractivity contribution in [1.82, 2.24) is 4.98 Å². The molecule has 0 aliphatic heterocycles. The number of nitrogens with zero attached hydrogens (tertiary/aromatic N) is 2. The summed E-state index contributed by atoms with van der Waals surface area (Å²) >= 11 is 0. The minimum atomic E-state index is -0.378. The lowest BCUT2D eigenvalue weighted by molar-refractivity contribution is -0.118. The van der Waals surface area contributed by atoms with E-state index < -0.39 is 0 Å². The number of anilines is 1. The molecule has 5 aromatic rings. The van der Waals surface area contributed by atoms with Crippen molar-refractivity contribution in [2.75, 3.05) is 4.90 Å². The maximum atomic E-state index is 14.2. The zero-order valence-corrected chi connectivity index (χ0v) is 19.7. The van der Waals surface area contributed by atoms with Crippen molar-refractivity contribution in [3.05, 3.63) is 138 Å². The number of carbonyl (C=O) groups is 1. The van der Waals surface area contributed by atoms with Crippen LogP contribution in [0.25, 0.3) is 10.9 Å². The van der Waals surface area contributed by atoms with E-state index in [0.717, 1.165) is 27.8 Å². The van der Waals surface area contributed by atoms with Crippen LogP contribution in [0.1, 0.15) is 16.8 Å². The number of hydrogen-bond donors (Lipinski definition) is 0. The number of benzene rings is 4. The minimum Gasteiger partial charge on any atom is -0.487 e. The van der Waals surface area contributed by atoms with Crippen LogP contribution in [0.5, 0.6) is 5.75 Å². The van der Waals surface area contributed by atoms with Crippen LogP contribution in [0.2, 0.25) is 0 Å². The van der Waals surface area contributed by atoms with Gasteiger partial charge in [-0.3, -0.25) is 4.79 Å². The van der Waals surface area contributed by atoms with Gasteiger partial charge in [-0.15, -0.1) is 0 Å². The van der Waals surface area contributed by atoms with Crippen molar-refractivity contribution in [3.63, 3.8) is 0 Å². The normalized spacial score (nSPS) is 10.8. The molecule has 0 aliphatic rings. The number of fused-ring (bicyclic) bond motifs is 1.